The van der Waals surface area contributed by atoms with Crippen LogP contribution in [0, 0.1) is 0 Å². The van der Waals surface area contributed by atoms with E-state index >= 15 is 0 Å². The summed E-state index contributed by atoms with van der Waals surface area (Å²) in [5.74, 6) is 0. The Morgan fingerprint density at radius 3 is 2.56 bits per heavy atom. The van der Waals surface area contributed by atoms with E-state index in [2.05, 4.69) is 24.2 Å². The van der Waals surface area contributed by atoms with E-state index in [1.54, 1.807) is 0 Å². The summed E-state index contributed by atoms with van der Waals surface area (Å²) in [4.78, 5) is 4.22. The number of aliphatic imine (C=N–C) groups is 1. The summed E-state index contributed by atoms with van der Waals surface area (Å²) < 4.78 is 0. The van der Waals surface area contributed by atoms with E-state index < -0.39 is 0 Å². The second-order valence-electron chi connectivity index (χ2n) is 1.99. The van der Waals surface area contributed by atoms with Gasteiger partial charge in [-0.15, -0.1) is 0 Å². The Labute approximate surface area is 57.4 Å². The van der Waals surface area contributed by atoms with E-state index in [9.17, 15) is 0 Å². The molecule has 0 aliphatic rings. The SMILES string of the molecule is CCN=C(C)CNCC. The molecule has 0 saturated carbocycles. The number of hydrogen-bond acceptors (Lipinski definition) is 2. The number of rotatable bonds is 4. The Kier molecular flexibility index (Phi) is 5.52. The molecule has 0 bridgehead atoms. The fourth-order valence-corrected chi connectivity index (χ4v) is 0.632. The van der Waals surface area contributed by atoms with Crippen LogP contribution in [-0.2, 0) is 0 Å². The second kappa shape index (κ2) is 5.76. The molecule has 54 valence electrons. The Hall–Kier alpha value is -0.370. The zero-order valence-electron chi connectivity index (χ0n) is 6.57. The van der Waals surface area contributed by atoms with Crippen molar-refractivity contribution in [2.45, 2.75) is 20.8 Å². The molecule has 0 rings (SSSR count). The van der Waals surface area contributed by atoms with Gasteiger partial charge in [0.2, 0.25) is 0 Å². The molecule has 9 heavy (non-hydrogen) atoms. The third-order valence-electron chi connectivity index (χ3n) is 1.06. The first-order chi connectivity index (χ1) is 4.31. The van der Waals surface area contributed by atoms with E-state index in [1.165, 1.54) is 5.71 Å². The molecule has 0 unspecified atom stereocenters. The first-order valence-electron chi connectivity index (χ1n) is 3.51. The van der Waals surface area contributed by atoms with E-state index in [0.29, 0.717) is 0 Å². The topological polar surface area (TPSA) is 24.4 Å². The van der Waals surface area contributed by atoms with Crippen molar-refractivity contribution in [1.29, 1.82) is 0 Å². The van der Waals surface area contributed by atoms with Crippen molar-refractivity contribution >= 4 is 5.71 Å². The molecule has 0 aliphatic heterocycles. The zero-order valence-corrected chi connectivity index (χ0v) is 6.57. The molecular weight excluding hydrogens is 112 g/mol. The molecule has 0 saturated heterocycles. The molecular formula is C7H16N2. The molecule has 1 N–H and O–H groups in total. The van der Waals surface area contributed by atoms with Gasteiger partial charge in [-0.25, -0.2) is 0 Å². The minimum absolute atomic E-state index is 0.900. The van der Waals surface area contributed by atoms with Gasteiger partial charge in [0.25, 0.3) is 0 Å². The molecule has 0 aromatic carbocycles. The summed E-state index contributed by atoms with van der Waals surface area (Å²) in [6, 6.07) is 0. The summed E-state index contributed by atoms with van der Waals surface area (Å²) >= 11 is 0. The van der Waals surface area contributed by atoms with E-state index in [0.717, 1.165) is 19.6 Å². The lowest BCUT2D eigenvalue weighted by Crippen LogP contribution is -2.20. The highest BCUT2D eigenvalue weighted by molar-refractivity contribution is 5.83. The van der Waals surface area contributed by atoms with Gasteiger partial charge in [0.05, 0.1) is 0 Å². The number of hydrogen-bond donors (Lipinski definition) is 1. The van der Waals surface area contributed by atoms with Crippen molar-refractivity contribution in [2.24, 2.45) is 4.99 Å². The van der Waals surface area contributed by atoms with Crippen LogP contribution in [0.15, 0.2) is 4.99 Å². The van der Waals surface area contributed by atoms with Crippen molar-refractivity contribution in [2.75, 3.05) is 19.6 Å². The quantitative estimate of drug-likeness (QED) is 0.563. The average molecular weight is 128 g/mol. The molecule has 2 nitrogen and oxygen atoms in total. The van der Waals surface area contributed by atoms with Gasteiger partial charge in [0.15, 0.2) is 0 Å². The lowest BCUT2D eigenvalue weighted by molar-refractivity contribution is 0.812. The monoisotopic (exact) mass is 128 g/mol. The molecule has 0 aromatic rings. The fourth-order valence-electron chi connectivity index (χ4n) is 0.632. The molecule has 2 heteroatoms. The Morgan fingerprint density at radius 1 is 1.44 bits per heavy atom. The Balaban J connectivity index is 3.25. The van der Waals surface area contributed by atoms with Crippen LogP contribution in [0.25, 0.3) is 0 Å². The van der Waals surface area contributed by atoms with Crippen molar-refractivity contribution in [3.8, 4) is 0 Å². The van der Waals surface area contributed by atoms with Crippen molar-refractivity contribution in [3.63, 3.8) is 0 Å². The third kappa shape index (κ3) is 5.50. The molecule has 0 aromatic heterocycles. The van der Waals surface area contributed by atoms with Gasteiger partial charge in [-0.3, -0.25) is 4.99 Å². The maximum Gasteiger partial charge on any atom is 0.0360 e. The molecule has 0 aliphatic carbocycles. The van der Waals surface area contributed by atoms with Gasteiger partial charge < -0.3 is 5.32 Å². The van der Waals surface area contributed by atoms with E-state index in [-0.39, 0.29) is 0 Å². The predicted molar refractivity (Wildman–Crippen MR) is 42.2 cm³/mol. The Bertz CT molecular complexity index is 86.9. The van der Waals surface area contributed by atoms with Gasteiger partial charge in [-0.05, 0) is 20.4 Å². The van der Waals surface area contributed by atoms with Crippen LogP contribution in [0.4, 0.5) is 0 Å². The molecule has 0 spiro atoms. The van der Waals surface area contributed by atoms with Crippen molar-refractivity contribution in [1.82, 2.24) is 5.32 Å². The number of nitrogens with zero attached hydrogens (tertiary/aromatic N) is 1. The molecule has 0 heterocycles. The molecule has 0 fully saturated rings. The van der Waals surface area contributed by atoms with Gasteiger partial charge in [-0.1, -0.05) is 6.92 Å². The smallest absolute Gasteiger partial charge is 0.0360 e. The lowest BCUT2D eigenvalue weighted by atomic mass is 10.4. The molecule has 0 radical (unpaired) electrons. The summed E-state index contributed by atoms with van der Waals surface area (Å²) in [7, 11) is 0. The number of nitrogens with one attached hydrogen (secondary N) is 1. The molecule has 0 atom stereocenters. The van der Waals surface area contributed by atoms with Crippen LogP contribution in [0.1, 0.15) is 20.8 Å². The average Bonchev–Trinajstić information content (AvgIpc) is 1.85. The summed E-state index contributed by atoms with van der Waals surface area (Å²) in [6.07, 6.45) is 0. The predicted octanol–water partition coefficient (Wildman–Crippen LogP) is 1.08. The fraction of sp³-hybridized carbons (Fsp3) is 0.857. The minimum atomic E-state index is 0.900. The van der Waals surface area contributed by atoms with Gasteiger partial charge >= 0.3 is 0 Å². The highest BCUT2D eigenvalue weighted by Crippen LogP contribution is 1.74. The molecule has 0 amide bonds. The third-order valence-corrected chi connectivity index (χ3v) is 1.06. The van der Waals surface area contributed by atoms with E-state index in [4.69, 9.17) is 0 Å². The van der Waals surface area contributed by atoms with Crippen LogP contribution in [0.3, 0.4) is 0 Å². The Morgan fingerprint density at radius 2 is 2.11 bits per heavy atom. The largest absolute Gasteiger partial charge is 0.312 e. The standard InChI is InChI=1S/C7H16N2/c1-4-8-6-7(3)9-5-2/h8H,4-6H2,1-3H3. The normalized spacial score (nSPS) is 12.1. The van der Waals surface area contributed by atoms with Crippen LogP contribution in [0.5, 0.6) is 0 Å². The van der Waals surface area contributed by atoms with E-state index in [1.807, 2.05) is 6.92 Å². The zero-order chi connectivity index (χ0) is 7.11. The summed E-state index contributed by atoms with van der Waals surface area (Å²) in [6.45, 7) is 9.05. The maximum atomic E-state index is 4.22. The van der Waals surface area contributed by atoms with Gasteiger partial charge in [-0.2, -0.15) is 0 Å². The van der Waals surface area contributed by atoms with Crippen LogP contribution in [-0.4, -0.2) is 25.3 Å². The lowest BCUT2D eigenvalue weighted by Gasteiger charge is -1.98. The second-order valence-corrected chi connectivity index (χ2v) is 1.99. The minimum Gasteiger partial charge on any atom is -0.312 e. The van der Waals surface area contributed by atoms with Crippen molar-refractivity contribution in [3.05, 3.63) is 0 Å². The highest BCUT2D eigenvalue weighted by atomic mass is 14.9. The van der Waals surface area contributed by atoms with Crippen LogP contribution >= 0.6 is 0 Å². The van der Waals surface area contributed by atoms with Crippen LogP contribution in [0.2, 0.25) is 0 Å². The summed E-state index contributed by atoms with van der Waals surface area (Å²) in [5, 5.41) is 3.20. The summed E-state index contributed by atoms with van der Waals surface area (Å²) in [5.41, 5.74) is 1.19. The first kappa shape index (κ1) is 8.63. The van der Waals surface area contributed by atoms with Crippen LogP contribution < -0.4 is 5.32 Å². The maximum absolute atomic E-state index is 4.22. The van der Waals surface area contributed by atoms with Gasteiger partial charge in [0.1, 0.15) is 0 Å². The van der Waals surface area contributed by atoms with Crippen molar-refractivity contribution < 1.29 is 0 Å². The van der Waals surface area contributed by atoms with Gasteiger partial charge in [0, 0.05) is 18.8 Å². The highest BCUT2D eigenvalue weighted by Gasteiger charge is 1.85. The first-order valence-corrected chi connectivity index (χ1v) is 3.51.